The van der Waals surface area contributed by atoms with E-state index in [9.17, 15) is 4.79 Å². The maximum atomic E-state index is 11.2. The van der Waals surface area contributed by atoms with Crippen molar-refractivity contribution in [2.24, 2.45) is 0 Å². The molecular weight excluding hydrogens is 258 g/mol. The predicted molar refractivity (Wildman–Crippen MR) is 71.2 cm³/mol. The van der Waals surface area contributed by atoms with Gasteiger partial charge in [0.05, 0.1) is 18.7 Å². The first-order valence-corrected chi connectivity index (χ1v) is 5.74. The van der Waals surface area contributed by atoms with Crippen molar-refractivity contribution in [2.45, 2.75) is 0 Å². The zero-order valence-electron chi connectivity index (χ0n) is 10.7. The van der Waals surface area contributed by atoms with Gasteiger partial charge in [-0.1, -0.05) is 6.07 Å². The van der Waals surface area contributed by atoms with Crippen LogP contribution in [0, 0.1) is 11.3 Å². The number of nitrogens with zero attached hydrogens (tertiary/aromatic N) is 1. The van der Waals surface area contributed by atoms with E-state index in [0.29, 0.717) is 17.1 Å². The molecule has 20 heavy (non-hydrogen) atoms. The Kier molecular flexibility index (Phi) is 3.87. The molecule has 0 radical (unpaired) electrons. The van der Waals surface area contributed by atoms with Gasteiger partial charge in [-0.3, -0.25) is 0 Å². The number of rotatable bonds is 4. The van der Waals surface area contributed by atoms with Crippen molar-refractivity contribution in [3.05, 3.63) is 53.6 Å². The molecule has 2 rings (SSSR count). The van der Waals surface area contributed by atoms with Crippen LogP contribution in [0.1, 0.15) is 15.9 Å². The number of para-hydroxylation sites is 1. The van der Waals surface area contributed by atoms with Crippen LogP contribution >= 0.6 is 0 Å². The summed E-state index contributed by atoms with van der Waals surface area (Å²) in [5.41, 5.74) is 0.504. The second kappa shape index (κ2) is 5.76. The van der Waals surface area contributed by atoms with E-state index in [0.717, 1.165) is 0 Å². The molecule has 0 fully saturated rings. The van der Waals surface area contributed by atoms with E-state index < -0.39 is 5.97 Å². The molecule has 0 atom stereocenters. The molecule has 0 aliphatic carbocycles. The van der Waals surface area contributed by atoms with Gasteiger partial charge < -0.3 is 14.6 Å². The minimum absolute atomic E-state index is 0.00806. The van der Waals surface area contributed by atoms with Crippen LogP contribution in [-0.4, -0.2) is 18.2 Å². The number of ether oxygens (including phenoxy) is 2. The molecule has 0 saturated heterocycles. The maximum absolute atomic E-state index is 11.2. The predicted octanol–water partition coefficient (Wildman–Crippen LogP) is 3.06. The van der Waals surface area contributed by atoms with Gasteiger partial charge in [-0.2, -0.15) is 5.26 Å². The number of nitriles is 1. The van der Waals surface area contributed by atoms with Crippen molar-refractivity contribution >= 4 is 5.97 Å². The minimum atomic E-state index is -1.10. The highest BCUT2D eigenvalue weighted by Gasteiger charge is 2.16. The summed E-state index contributed by atoms with van der Waals surface area (Å²) >= 11 is 0. The Morgan fingerprint density at radius 2 is 1.90 bits per heavy atom. The van der Waals surface area contributed by atoms with Gasteiger partial charge in [-0.15, -0.1) is 0 Å². The second-order valence-electron chi connectivity index (χ2n) is 3.88. The number of benzene rings is 2. The van der Waals surface area contributed by atoms with Crippen molar-refractivity contribution in [2.75, 3.05) is 7.11 Å². The van der Waals surface area contributed by atoms with Gasteiger partial charge in [-0.05, 0) is 36.4 Å². The van der Waals surface area contributed by atoms with E-state index in [1.54, 1.807) is 36.4 Å². The molecule has 0 aromatic heterocycles. The van der Waals surface area contributed by atoms with Crippen LogP contribution in [0.15, 0.2) is 42.5 Å². The number of carboxylic acid groups (broad SMARTS) is 1. The van der Waals surface area contributed by atoms with Crippen molar-refractivity contribution in [1.82, 2.24) is 0 Å². The lowest BCUT2D eigenvalue weighted by Gasteiger charge is -2.12. The van der Waals surface area contributed by atoms with Crippen molar-refractivity contribution in [1.29, 1.82) is 5.26 Å². The van der Waals surface area contributed by atoms with Crippen LogP contribution in [0.25, 0.3) is 0 Å². The van der Waals surface area contributed by atoms with Gasteiger partial charge in [-0.25, -0.2) is 4.79 Å². The number of methoxy groups -OCH3 is 1. The Hall–Kier alpha value is -3.00. The summed E-state index contributed by atoms with van der Waals surface area (Å²) in [6.07, 6.45) is 0. The van der Waals surface area contributed by atoms with Crippen molar-refractivity contribution in [3.63, 3.8) is 0 Å². The van der Waals surface area contributed by atoms with Crippen LogP contribution in [0.5, 0.6) is 17.2 Å². The summed E-state index contributed by atoms with van der Waals surface area (Å²) in [6.45, 7) is 0. The third-order valence-corrected chi connectivity index (χ3v) is 2.63. The lowest BCUT2D eigenvalue weighted by atomic mass is 10.2. The third-order valence-electron chi connectivity index (χ3n) is 2.63. The minimum Gasteiger partial charge on any atom is -0.493 e. The topological polar surface area (TPSA) is 79.6 Å². The molecule has 0 aliphatic heterocycles. The first-order valence-electron chi connectivity index (χ1n) is 5.74. The highest BCUT2D eigenvalue weighted by atomic mass is 16.5. The van der Waals surface area contributed by atoms with E-state index in [-0.39, 0.29) is 11.3 Å². The molecule has 2 aromatic rings. The normalized spacial score (nSPS) is 9.60. The Morgan fingerprint density at radius 3 is 2.45 bits per heavy atom. The monoisotopic (exact) mass is 269 g/mol. The molecule has 0 heterocycles. The Balaban J connectivity index is 2.41. The Labute approximate surface area is 115 Å². The van der Waals surface area contributed by atoms with E-state index in [1.807, 2.05) is 6.07 Å². The molecule has 2 aromatic carbocycles. The fourth-order valence-corrected chi connectivity index (χ4v) is 1.67. The molecule has 100 valence electrons. The lowest BCUT2D eigenvalue weighted by molar-refractivity contribution is 0.0693. The van der Waals surface area contributed by atoms with Crippen molar-refractivity contribution < 1.29 is 19.4 Å². The number of carboxylic acids is 1. The van der Waals surface area contributed by atoms with Gasteiger partial charge in [0, 0.05) is 0 Å². The molecule has 0 unspecified atom stereocenters. The second-order valence-corrected chi connectivity index (χ2v) is 3.88. The Morgan fingerprint density at radius 1 is 1.20 bits per heavy atom. The molecular formula is C15H11NO4. The van der Waals surface area contributed by atoms with Gasteiger partial charge >= 0.3 is 5.97 Å². The highest BCUT2D eigenvalue weighted by molar-refractivity contribution is 5.92. The zero-order chi connectivity index (χ0) is 14.5. The van der Waals surface area contributed by atoms with E-state index in [2.05, 4.69) is 0 Å². The third kappa shape index (κ3) is 2.70. The highest BCUT2D eigenvalue weighted by Crippen LogP contribution is 2.35. The summed E-state index contributed by atoms with van der Waals surface area (Å²) in [6, 6.07) is 13.0. The summed E-state index contributed by atoms with van der Waals surface area (Å²) < 4.78 is 10.7. The summed E-state index contributed by atoms with van der Waals surface area (Å²) in [4.78, 5) is 11.2. The largest absolute Gasteiger partial charge is 0.493 e. The number of aromatic carboxylic acids is 1. The molecule has 5 nitrogen and oxygen atoms in total. The number of hydrogen-bond acceptors (Lipinski definition) is 4. The molecule has 0 aliphatic rings. The quantitative estimate of drug-likeness (QED) is 0.922. The van der Waals surface area contributed by atoms with Gasteiger partial charge in [0.25, 0.3) is 0 Å². The molecule has 0 spiro atoms. The summed E-state index contributed by atoms with van der Waals surface area (Å²) in [5, 5.41) is 17.9. The first-order chi connectivity index (χ1) is 9.65. The van der Waals surface area contributed by atoms with Crippen LogP contribution in [0.3, 0.4) is 0 Å². The summed E-state index contributed by atoms with van der Waals surface area (Å²) in [5.74, 6) is -0.218. The van der Waals surface area contributed by atoms with E-state index in [4.69, 9.17) is 19.8 Å². The average molecular weight is 269 g/mol. The smallest absolute Gasteiger partial charge is 0.339 e. The average Bonchev–Trinajstić information content (AvgIpc) is 2.48. The fourth-order valence-electron chi connectivity index (χ4n) is 1.67. The maximum Gasteiger partial charge on any atom is 0.339 e. The Bertz CT molecular complexity index is 671. The van der Waals surface area contributed by atoms with Crippen LogP contribution < -0.4 is 9.47 Å². The molecule has 0 bridgehead atoms. The number of carbonyl (C=O) groups is 1. The SMILES string of the molecule is COc1cccc(C(=O)O)c1Oc1ccc(C#N)cc1. The molecule has 5 heteroatoms. The van der Waals surface area contributed by atoms with Crippen LogP contribution in [0.2, 0.25) is 0 Å². The lowest BCUT2D eigenvalue weighted by Crippen LogP contribution is -2.01. The number of hydrogen-bond donors (Lipinski definition) is 1. The van der Waals surface area contributed by atoms with E-state index in [1.165, 1.54) is 13.2 Å². The fraction of sp³-hybridized carbons (Fsp3) is 0.0667. The van der Waals surface area contributed by atoms with Crippen LogP contribution in [0.4, 0.5) is 0 Å². The molecule has 1 N–H and O–H groups in total. The van der Waals surface area contributed by atoms with Crippen molar-refractivity contribution in [3.8, 4) is 23.3 Å². The van der Waals surface area contributed by atoms with Crippen LogP contribution in [-0.2, 0) is 0 Å². The van der Waals surface area contributed by atoms with E-state index >= 15 is 0 Å². The zero-order valence-corrected chi connectivity index (χ0v) is 10.7. The molecule has 0 amide bonds. The van der Waals surface area contributed by atoms with Gasteiger partial charge in [0.1, 0.15) is 11.3 Å². The first kappa shape index (κ1) is 13.4. The summed E-state index contributed by atoms with van der Waals surface area (Å²) in [7, 11) is 1.44. The van der Waals surface area contributed by atoms with Gasteiger partial charge in [0.2, 0.25) is 0 Å². The standard InChI is InChI=1S/C15H11NO4/c1-19-13-4-2-3-12(15(17)18)14(13)20-11-7-5-10(9-16)6-8-11/h2-8H,1H3,(H,17,18). The molecule has 0 saturated carbocycles. The van der Waals surface area contributed by atoms with Gasteiger partial charge in [0.15, 0.2) is 11.5 Å².